The van der Waals surface area contributed by atoms with Crippen LogP contribution in [0.5, 0.6) is 11.5 Å². The molecule has 0 aromatic heterocycles. The first kappa shape index (κ1) is 16.8. The van der Waals surface area contributed by atoms with Crippen LogP contribution >= 0.6 is 0 Å². The van der Waals surface area contributed by atoms with Crippen molar-refractivity contribution in [3.63, 3.8) is 0 Å². The predicted molar refractivity (Wildman–Crippen MR) is 80.3 cm³/mol. The minimum absolute atomic E-state index is 0.149. The summed E-state index contributed by atoms with van der Waals surface area (Å²) in [6.45, 7) is 4.34. The van der Waals surface area contributed by atoms with E-state index in [-0.39, 0.29) is 5.75 Å². The second-order valence-electron chi connectivity index (χ2n) is 4.55. The number of hydrogen-bond donors (Lipinski definition) is 1. The van der Waals surface area contributed by atoms with Gasteiger partial charge in [-0.2, -0.15) is 0 Å². The van der Waals surface area contributed by atoms with E-state index in [2.05, 4.69) is 12.2 Å². The topological polar surface area (TPSA) is 64.6 Å². The molecule has 0 fully saturated rings. The molecule has 20 heavy (non-hydrogen) atoms. The van der Waals surface area contributed by atoms with Gasteiger partial charge in [0.1, 0.15) is 27.9 Å². The van der Waals surface area contributed by atoms with Crippen LogP contribution in [0, 0.1) is 0 Å². The van der Waals surface area contributed by atoms with Crippen LogP contribution in [-0.2, 0) is 9.84 Å². The highest BCUT2D eigenvalue weighted by Gasteiger charge is 2.00. The molecule has 0 unspecified atom stereocenters. The largest absolute Gasteiger partial charge is 0.494 e. The molecule has 0 saturated carbocycles. The van der Waals surface area contributed by atoms with Gasteiger partial charge in [0.25, 0.3) is 0 Å². The Kier molecular flexibility index (Phi) is 7.40. The van der Waals surface area contributed by atoms with E-state index in [1.54, 1.807) is 0 Å². The summed E-state index contributed by atoms with van der Waals surface area (Å²) in [7, 11) is -2.89. The Morgan fingerprint density at radius 2 is 1.55 bits per heavy atom. The zero-order valence-corrected chi connectivity index (χ0v) is 12.9. The lowest BCUT2D eigenvalue weighted by Crippen LogP contribution is -2.26. The van der Waals surface area contributed by atoms with E-state index in [0.717, 1.165) is 17.9 Å². The summed E-state index contributed by atoms with van der Waals surface area (Å²) in [6.07, 6.45) is 2.21. The summed E-state index contributed by atoms with van der Waals surface area (Å²) in [4.78, 5) is 0. The van der Waals surface area contributed by atoms with Gasteiger partial charge in [-0.3, -0.25) is 0 Å². The summed E-state index contributed by atoms with van der Waals surface area (Å²) < 4.78 is 32.8. The molecule has 0 saturated heterocycles. The second-order valence-corrected chi connectivity index (χ2v) is 6.81. The zero-order valence-electron chi connectivity index (χ0n) is 12.1. The number of rotatable bonds is 10. The Morgan fingerprint density at radius 3 is 2.05 bits per heavy atom. The van der Waals surface area contributed by atoms with Crippen molar-refractivity contribution in [2.24, 2.45) is 0 Å². The number of hydrogen-bond acceptors (Lipinski definition) is 5. The molecule has 5 nitrogen and oxygen atoms in total. The van der Waals surface area contributed by atoms with Crippen LogP contribution in [0.2, 0.25) is 0 Å². The summed E-state index contributed by atoms with van der Waals surface area (Å²) in [5.41, 5.74) is 0. The molecule has 0 aliphatic rings. The molecule has 1 aromatic carbocycles. The fourth-order valence-electron chi connectivity index (χ4n) is 1.48. The van der Waals surface area contributed by atoms with Crippen molar-refractivity contribution in [3.8, 4) is 11.5 Å². The molecule has 0 radical (unpaired) electrons. The third kappa shape index (κ3) is 8.01. The van der Waals surface area contributed by atoms with Crippen LogP contribution in [0.3, 0.4) is 0 Å². The standard InChI is InChI=1S/C14H23NO4S/c1-3-10-18-13-4-6-14(7-5-13)19-11-8-15-9-12-20(2,16)17/h4-7,15H,3,8-12H2,1-2H3. The molecule has 0 aliphatic heterocycles. The Morgan fingerprint density at radius 1 is 1.00 bits per heavy atom. The van der Waals surface area contributed by atoms with Gasteiger partial charge in [0.15, 0.2) is 0 Å². The monoisotopic (exact) mass is 301 g/mol. The van der Waals surface area contributed by atoms with Gasteiger partial charge < -0.3 is 14.8 Å². The Bertz CT molecular complexity index is 470. The molecular formula is C14H23NO4S. The lowest BCUT2D eigenvalue weighted by atomic mass is 10.3. The smallest absolute Gasteiger partial charge is 0.148 e. The maximum absolute atomic E-state index is 10.9. The predicted octanol–water partition coefficient (Wildman–Crippen LogP) is 1.49. The highest BCUT2D eigenvalue weighted by Crippen LogP contribution is 2.17. The van der Waals surface area contributed by atoms with Crippen LogP contribution in [0.25, 0.3) is 0 Å². The van der Waals surface area contributed by atoms with Crippen molar-refractivity contribution in [2.75, 3.05) is 38.3 Å². The van der Waals surface area contributed by atoms with Crippen molar-refractivity contribution in [3.05, 3.63) is 24.3 Å². The minimum Gasteiger partial charge on any atom is -0.494 e. The van der Waals surface area contributed by atoms with Crippen molar-refractivity contribution >= 4 is 9.84 Å². The summed E-state index contributed by atoms with van der Waals surface area (Å²) in [5, 5.41) is 3.02. The molecule has 0 heterocycles. The highest BCUT2D eigenvalue weighted by atomic mass is 32.2. The van der Waals surface area contributed by atoms with Crippen molar-refractivity contribution in [1.82, 2.24) is 5.32 Å². The first-order valence-electron chi connectivity index (χ1n) is 6.75. The third-order valence-electron chi connectivity index (χ3n) is 2.49. The van der Waals surface area contributed by atoms with E-state index < -0.39 is 9.84 Å². The fourth-order valence-corrected chi connectivity index (χ4v) is 1.99. The van der Waals surface area contributed by atoms with E-state index in [1.165, 1.54) is 6.26 Å². The molecule has 0 bridgehead atoms. The van der Waals surface area contributed by atoms with E-state index in [0.29, 0.717) is 26.3 Å². The Labute approximate surface area is 121 Å². The summed E-state index contributed by atoms with van der Waals surface area (Å²) in [5.74, 6) is 1.76. The number of ether oxygens (including phenoxy) is 2. The lowest BCUT2D eigenvalue weighted by molar-refractivity contribution is 0.308. The molecule has 114 valence electrons. The van der Waals surface area contributed by atoms with E-state index in [9.17, 15) is 8.42 Å². The van der Waals surface area contributed by atoms with Gasteiger partial charge in [0.2, 0.25) is 0 Å². The Balaban J connectivity index is 2.16. The van der Waals surface area contributed by atoms with Crippen LogP contribution in [-0.4, -0.2) is 46.7 Å². The quantitative estimate of drug-likeness (QED) is 0.663. The van der Waals surface area contributed by atoms with Crippen LogP contribution in [0.1, 0.15) is 13.3 Å². The molecule has 1 N–H and O–H groups in total. The molecule has 0 aliphatic carbocycles. The van der Waals surface area contributed by atoms with Gasteiger partial charge in [0.05, 0.1) is 12.4 Å². The first-order chi connectivity index (χ1) is 9.51. The molecular weight excluding hydrogens is 278 g/mol. The first-order valence-corrected chi connectivity index (χ1v) is 8.81. The molecule has 6 heteroatoms. The van der Waals surface area contributed by atoms with Gasteiger partial charge in [-0.25, -0.2) is 8.42 Å². The van der Waals surface area contributed by atoms with Gasteiger partial charge in [-0.1, -0.05) is 6.92 Å². The summed E-state index contributed by atoms with van der Waals surface area (Å²) in [6, 6.07) is 7.48. The average Bonchev–Trinajstić information content (AvgIpc) is 2.40. The maximum Gasteiger partial charge on any atom is 0.148 e. The van der Waals surface area contributed by atoms with Crippen molar-refractivity contribution in [1.29, 1.82) is 0 Å². The maximum atomic E-state index is 10.9. The van der Waals surface area contributed by atoms with E-state index in [4.69, 9.17) is 9.47 Å². The molecule has 0 spiro atoms. The molecule has 0 atom stereocenters. The van der Waals surface area contributed by atoms with E-state index in [1.807, 2.05) is 24.3 Å². The van der Waals surface area contributed by atoms with Crippen molar-refractivity contribution in [2.45, 2.75) is 13.3 Å². The third-order valence-corrected chi connectivity index (χ3v) is 3.44. The van der Waals surface area contributed by atoms with Crippen LogP contribution in [0.15, 0.2) is 24.3 Å². The SMILES string of the molecule is CCCOc1ccc(OCCNCCS(C)(=O)=O)cc1. The highest BCUT2D eigenvalue weighted by molar-refractivity contribution is 7.90. The number of benzene rings is 1. The number of nitrogens with one attached hydrogen (secondary N) is 1. The van der Waals surface area contributed by atoms with E-state index >= 15 is 0 Å². The zero-order chi connectivity index (χ0) is 14.8. The average molecular weight is 301 g/mol. The number of sulfone groups is 1. The molecule has 1 aromatic rings. The fraction of sp³-hybridized carbons (Fsp3) is 0.571. The van der Waals surface area contributed by atoms with Crippen LogP contribution in [0.4, 0.5) is 0 Å². The Hall–Kier alpha value is -1.27. The van der Waals surface area contributed by atoms with Crippen LogP contribution < -0.4 is 14.8 Å². The van der Waals surface area contributed by atoms with Crippen molar-refractivity contribution < 1.29 is 17.9 Å². The van der Waals surface area contributed by atoms with Gasteiger partial charge >= 0.3 is 0 Å². The molecule has 0 amide bonds. The van der Waals surface area contributed by atoms with Gasteiger partial charge in [-0.05, 0) is 30.7 Å². The molecule has 1 rings (SSSR count). The van der Waals surface area contributed by atoms with Gasteiger partial charge in [-0.15, -0.1) is 0 Å². The lowest BCUT2D eigenvalue weighted by Gasteiger charge is -2.08. The second kappa shape index (κ2) is 8.81. The minimum atomic E-state index is -2.89. The summed E-state index contributed by atoms with van der Waals surface area (Å²) >= 11 is 0. The normalized spacial score (nSPS) is 11.3. The van der Waals surface area contributed by atoms with Gasteiger partial charge in [0, 0.05) is 19.3 Å².